The maximum atomic E-state index is 13.4. The van der Waals surface area contributed by atoms with Gasteiger partial charge in [0.1, 0.15) is 5.69 Å². The van der Waals surface area contributed by atoms with E-state index in [4.69, 9.17) is 11.6 Å². The van der Waals surface area contributed by atoms with Crippen molar-refractivity contribution in [2.45, 2.75) is 0 Å². The molecule has 1 aliphatic heterocycles. The van der Waals surface area contributed by atoms with Crippen LogP contribution in [-0.2, 0) is 11.8 Å². The number of hydrogen-bond acceptors (Lipinski definition) is 4. The first kappa shape index (κ1) is 19.6. The molecule has 4 aromatic rings. The summed E-state index contributed by atoms with van der Waals surface area (Å²) in [5.41, 5.74) is 3.37. The summed E-state index contributed by atoms with van der Waals surface area (Å²) in [6, 6.07) is 21.2. The maximum Gasteiger partial charge on any atom is 0.271 e. The number of rotatable bonds is 3. The van der Waals surface area contributed by atoms with E-state index in [-0.39, 0.29) is 5.91 Å². The van der Waals surface area contributed by atoms with E-state index in [9.17, 15) is 4.79 Å². The van der Waals surface area contributed by atoms with Gasteiger partial charge in [0, 0.05) is 35.9 Å². The third kappa shape index (κ3) is 3.65. The number of thioether (sulfide) groups is 1. The molecule has 152 valence electrons. The number of nitrogens with zero attached hydrogens (tertiary/aromatic N) is 4. The Labute approximate surface area is 188 Å². The van der Waals surface area contributed by atoms with Gasteiger partial charge in [-0.05, 0) is 48.2 Å². The number of benzene rings is 2. The second-order valence-corrected chi connectivity index (χ2v) is 8.37. The first-order valence-corrected chi connectivity index (χ1v) is 10.8. The van der Waals surface area contributed by atoms with Crippen molar-refractivity contribution in [3.63, 3.8) is 0 Å². The van der Waals surface area contributed by atoms with E-state index in [1.165, 1.54) is 11.8 Å². The Morgan fingerprint density at radius 1 is 1.03 bits per heavy atom. The normalized spacial score (nSPS) is 16.7. The van der Waals surface area contributed by atoms with Crippen molar-refractivity contribution < 1.29 is 4.79 Å². The highest BCUT2D eigenvalue weighted by Crippen LogP contribution is 2.38. The second kappa shape index (κ2) is 8.06. The van der Waals surface area contributed by atoms with Crippen molar-refractivity contribution in [1.29, 1.82) is 0 Å². The van der Waals surface area contributed by atoms with Crippen LogP contribution in [0.5, 0.6) is 0 Å². The fourth-order valence-electron chi connectivity index (χ4n) is 3.55. The van der Waals surface area contributed by atoms with Crippen LogP contribution < -0.4 is 4.90 Å². The van der Waals surface area contributed by atoms with Crippen LogP contribution in [0.2, 0.25) is 5.15 Å². The molecule has 3 heterocycles. The number of amides is 1. The van der Waals surface area contributed by atoms with Gasteiger partial charge in [0.2, 0.25) is 0 Å². The predicted molar refractivity (Wildman–Crippen MR) is 129 cm³/mol. The highest BCUT2D eigenvalue weighted by atomic mass is 35.5. The third-order valence-electron chi connectivity index (χ3n) is 4.99. The fourth-order valence-corrected chi connectivity index (χ4v) is 4.69. The van der Waals surface area contributed by atoms with Crippen LogP contribution in [0.3, 0.4) is 0 Å². The molecule has 2 aromatic heterocycles. The van der Waals surface area contributed by atoms with E-state index in [2.05, 4.69) is 26.7 Å². The summed E-state index contributed by atoms with van der Waals surface area (Å²) in [7, 11) is 2.00. The summed E-state index contributed by atoms with van der Waals surface area (Å²) in [5, 5.41) is 1.93. The number of pyridine rings is 1. The molecule has 1 fully saturated rings. The molecule has 7 heteroatoms. The molecule has 0 bridgehead atoms. The zero-order valence-corrected chi connectivity index (χ0v) is 18.1. The number of anilines is 1. The van der Waals surface area contributed by atoms with Gasteiger partial charge in [0.25, 0.3) is 5.91 Å². The topological polar surface area (TPSA) is 50.5 Å². The van der Waals surface area contributed by atoms with Crippen LogP contribution >= 0.6 is 23.4 Å². The molecule has 5 rings (SSSR count). The summed E-state index contributed by atoms with van der Waals surface area (Å²) in [6.07, 6.45) is 5.57. The number of aryl methyl sites for hydroxylation is 1. The number of hydrogen-bond donors (Lipinski definition) is 0. The molecule has 1 aliphatic rings. The lowest BCUT2D eigenvalue weighted by atomic mass is 10.1. The maximum absolute atomic E-state index is 13.4. The lowest BCUT2D eigenvalue weighted by Gasteiger charge is -2.15. The molecular formula is C24H17ClN4OS. The number of fused-ring (bicyclic) bond motifs is 1. The van der Waals surface area contributed by atoms with E-state index in [0.29, 0.717) is 20.9 Å². The van der Waals surface area contributed by atoms with Crippen molar-refractivity contribution >= 4 is 62.8 Å². The van der Waals surface area contributed by atoms with Gasteiger partial charge in [-0.25, -0.2) is 9.98 Å². The molecular weight excluding hydrogens is 428 g/mol. The fraction of sp³-hybridized carbons (Fsp3) is 0.0417. The van der Waals surface area contributed by atoms with Gasteiger partial charge >= 0.3 is 0 Å². The number of amidine groups is 1. The highest BCUT2D eigenvalue weighted by Gasteiger charge is 2.35. The first-order chi connectivity index (χ1) is 15.1. The summed E-state index contributed by atoms with van der Waals surface area (Å²) >= 11 is 7.55. The molecule has 5 nitrogen and oxygen atoms in total. The summed E-state index contributed by atoms with van der Waals surface area (Å²) in [4.78, 5) is 24.4. The van der Waals surface area contributed by atoms with Crippen LogP contribution in [0.15, 0.2) is 89.0 Å². The number of carbonyl (C=O) groups is 1. The van der Waals surface area contributed by atoms with Gasteiger partial charge in [-0.1, -0.05) is 48.0 Å². The van der Waals surface area contributed by atoms with Gasteiger partial charge in [-0.3, -0.25) is 9.69 Å². The standard InChI is InChI=1S/C24H17ClN4OS/c1-28-15-16(18-10-5-6-12-20(18)28)14-21-23(30)29(17-8-3-2-4-9-17)24(31-21)27-19-11-7-13-26-22(19)25/h2-15H,1H3/b21-14-,27-24?. The summed E-state index contributed by atoms with van der Waals surface area (Å²) in [6.45, 7) is 0. The smallest absolute Gasteiger partial charge is 0.271 e. The second-order valence-electron chi connectivity index (χ2n) is 7.01. The average molecular weight is 445 g/mol. The SMILES string of the molecule is Cn1cc(/C=C2\SC(=Nc3cccnc3Cl)N(c3ccccc3)C2=O)c2ccccc21. The quantitative estimate of drug-likeness (QED) is 0.286. The molecule has 0 aliphatic carbocycles. The Morgan fingerprint density at radius 3 is 2.61 bits per heavy atom. The van der Waals surface area contributed by atoms with Gasteiger partial charge in [-0.2, -0.15) is 0 Å². The molecule has 0 radical (unpaired) electrons. The van der Waals surface area contributed by atoms with Crippen molar-refractivity contribution in [3.05, 3.63) is 94.7 Å². The monoisotopic (exact) mass is 444 g/mol. The number of aromatic nitrogens is 2. The Kier molecular flexibility index (Phi) is 5.10. The van der Waals surface area contributed by atoms with Gasteiger partial charge in [-0.15, -0.1) is 0 Å². The van der Waals surface area contributed by atoms with Gasteiger partial charge < -0.3 is 4.57 Å². The zero-order chi connectivity index (χ0) is 21.4. The zero-order valence-electron chi connectivity index (χ0n) is 16.6. The van der Waals surface area contributed by atoms with E-state index in [0.717, 1.165) is 22.2 Å². The minimum absolute atomic E-state index is 0.122. The largest absolute Gasteiger partial charge is 0.350 e. The molecule has 1 saturated heterocycles. The number of aliphatic imine (C=N–C) groups is 1. The molecule has 1 amide bonds. The Morgan fingerprint density at radius 2 is 1.81 bits per heavy atom. The van der Waals surface area contributed by atoms with E-state index < -0.39 is 0 Å². The lowest BCUT2D eigenvalue weighted by Crippen LogP contribution is -2.28. The number of halogens is 1. The molecule has 0 atom stereocenters. The molecule has 0 N–H and O–H groups in total. The van der Waals surface area contributed by atoms with Crippen LogP contribution in [0.1, 0.15) is 5.56 Å². The predicted octanol–water partition coefficient (Wildman–Crippen LogP) is 6.04. The molecule has 0 spiro atoms. The van der Waals surface area contributed by atoms with Gasteiger partial charge in [0.05, 0.1) is 10.6 Å². The van der Waals surface area contributed by atoms with Crippen molar-refractivity contribution in [3.8, 4) is 0 Å². The molecule has 0 saturated carbocycles. The van der Waals surface area contributed by atoms with Crippen LogP contribution in [0, 0.1) is 0 Å². The van der Waals surface area contributed by atoms with E-state index >= 15 is 0 Å². The van der Waals surface area contributed by atoms with E-state index in [1.807, 2.05) is 61.8 Å². The molecule has 2 aromatic carbocycles. The van der Waals surface area contributed by atoms with E-state index in [1.54, 1.807) is 23.2 Å². The number of carbonyl (C=O) groups excluding carboxylic acids is 1. The van der Waals surface area contributed by atoms with Crippen LogP contribution in [-0.4, -0.2) is 20.6 Å². The van der Waals surface area contributed by atoms with Crippen molar-refractivity contribution in [2.24, 2.45) is 12.0 Å². The van der Waals surface area contributed by atoms with Crippen LogP contribution in [0.4, 0.5) is 11.4 Å². The minimum Gasteiger partial charge on any atom is -0.350 e. The van der Waals surface area contributed by atoms with Crippen molar-refractivity contribution in [1.82, 2.24) is 9.55 Å². The average Bonchev–Trinajstić information content (AvgIpc) is 3.27. The lowest BCUT2D eigenvalue weighted by molar-refractivity contribution is -0.113. The summed E-state index contributed by atoms with van der Waals surface area (Å²) in [5.74, 6) is -0.122. The minimum atomic E-state index is -0.122. The Balaban J connectivity index is 1.63. The Hall–Kier alpha value is -3.35. The van der Waals surface area contributed by atoms with Gasteiger partial charge in [0.15, 0.2) is 10.3 Å². The third-order valence-corrected chi connectivity index (χ3v) is 6.25. The van der Waals surface area contributed by atoms with Crippen molar-refractivity contribution in [2.75, 3.05) is 4.90 Å². The Bertz CT molecular complexity index is 1360. The first-order valence-electron chi connectivity index (χ1n) is 9.64. The molecule has 0 unspecified atom stereocenters. The van der Waals surface area contributed by atoms with Crippen LogP contribution in [0.25, 0.3) is 17.0 Å². The molecule has 31 heavy (non-hydrogen) atoms. The number of para-hydroxylation sites is 2. The highest BCUT2D eigenvalue weighted by molar-refractivity contribution is 8.19. The summed E-state index contributed by atoms with van der Waals surface area (Å²) < 4.78 is 2.06.